The largest absolute Gasteiger partial charge is 0.481 e. The van der Waals surface area contributed by atoms with Gasteiger partial charge >= 0.3 is 11.9 Å². The molecule has 0 aromatic heterocycles. The first-order valence-electron chi connectivity index (χ1n) is 14.7. The van der Waals surface area contributed by atoms with Crippen LogP contribution in [0.4, 0.5) is 0 Å². The second-order valence-electron chi connectivity index (χ2n) is 15.9. The molecule has 0 bridgehead atoms. The SMILES string of the molecule is CC(=O)O[C@@H]1CC[C@@]2(C)C([C@H](O)C[C@]3(C)C2CC=C2C4CC(C)(C)CC[C@]4(C)CC[C@]23C(=O)O)C1(C)C. The fourth-order valence-electron chi connectivity index (χ4n) is 11.2. The molecule has 9 atom stereocenters. The lowest BCUT2D eigenvalue weighted by Crippen LogP contribution is -2.70. The highest BCUT2D eigenvalue weighted by molar-refractivity contribution is 5.81. The molecule has 4 saturated carbocycles. The number of hydrogen-bond donors (Lipinski definition) is 2. The molecule has 0 spiro atoms. The third kappa shape index (κ3) is 3.50. The van der Waals surface area contributed by atoms with Crippen LogP contribution in [0.3, 0.4) is 0 Å². The number of rotatable bonds is 2. The van der Waals surface area contributed by atoms with E-state index < -0.39 is 28.3 Å². The summed E-state index contributed by atoms with van der Waals surface area (Å²) in [4.78, 5) is 25.5. The first kappa shape index (κ1) is 27.2. The standard InChI is InChI=1S/C32H50O5/c1-19(33)37-24-11-12-30(7)23-10-9-20-21-17-27(2,3)13-14-29(21,6)15-16-32(20,26(35)36)31(23,8)18-22(34)25(30)28(24,4)5/h9,21-25,34H,10-18H2,1-8H3,(H,35,36)/t21?,22-,23?,24-,25?,29-,30-,31-,32-/m1/s1. The highest BCUT2D eigenvalue weighted by Crippen LogP contribution is 2.76. The van der Waals surface area contributed by atoms with Crippen LogP contribution in [-0.2, 0) is 14.3 Å². The predicted molar refractivity (Wildman–Crippen MR) is 144 cm³/mol. The van der Waals surface area contributed by atoms with Gasteiger partial charge in [-0.2, -0.15) is 0 Å². The number of carbonyl (C=O) groups excluding carboxylic acids is 1. The van der Waals surface area contributed by atoms with Crippen LogP contribution in [0.5, 0.6) is 0 Å². The summed E-state index contributed by atoms with van der Waals surface area (Å²) >= 11 is 0. The lowest BCUT2D eigenvalue weighted by atomic mass is 9.33. The molecule has 208 valence electrons. The molecule has 5 nitrogen and oxygen atoms in total. The summed E-state index contributed by atoms with van der Waals surface area (Å²) in [6, 6.07) is 0. The lowest BCUT2D eigenvalue weighted by Gasteiger charge is -2.71. The summed E-state index contributed by atoms with van der Waals surface area (Å²) in [7, 11) is 0. The average molecular weight is 515 g/mol. The fourth-order valence-corrected chi connectivity index (χ4v) is 11.2. The molecular formula is C32H50O5. The molecular weight excluding hydrogens is 464 g/mol. The summed E-state index contributed by atoms with van der Waals surface area (Å²) in [6.45, 7) is 17.4. The van der Waals surface area contributed by atoms with E-state index in [0.717, 1.165) is 38.5 Å². The second-order valence-corrected chi connectivity index (χ2v) is 15.9. The number of carboxylic acid groups (broad SMARTS) is 1. The van der Waals surface area contributed by atoms with Gasteiger partial charge in [0.15, 0.2) is 0 Å². The Morgan fingerprint density at radius 3 is 2.22 bits per heavy atom. The minimum Gasteiger partial charge on any atom is -0.481 e. The Morgan fingerprint density at radius 1 is 0.946 bits per heavy atom. The van der Waals surface area contributed by atoms with Gasteiger partial charge in [0.1, 0.15) is 6.10 Å². The Bertz CT molecular complexity index is 1030. The predicted octanol–water partition coefficient (Wildman–Crippen LogP) is 6.78. The van der Waals surface area contributed by atoms with Crippen LogP contribution in [0, 0.1) is 50.2 Å². The number of hydrogen-bond acceptors (Lipinski definition) is 4. The van der Waals surface area contributed by atoms with Crippen molar-refractivity contribution in [1.82, 2.24) is 0 Å². The van der Waals surface area contributed by atoms with Crippen LogP contribution in [0.15, 0.2) is 11.6 Å². The number of allylic oxidation sites excluding steroid dienone is 1. The highest BCUT2D eigenvalue weighted by atomic mass is 16.5. The lowest BCUT2D eigenvalue weighted by molar-refractivity contribution is -0.248. The number of carbonyl (C=O) groups is 2. The molecule has 4 fully saturated rings. The molecule has 5 heteroatoms. The van der Waals surface area contributed by atoms with Crippen LogP contribution in [-0.4, -0.2) is 34.4 Å². The molecule has 0 amide bonds. The van der Waals surface area contributed by atoms with Gasteiger partial charge in [-0.3, -0.25) is 9.59 Å². The van der Waals surface area contributed by atoms with Crippen LogP contribution in [0.1, 0.15) is 113 Å². The molecule has 0 aliphatic heterocycles. The van der Waals surface area contributed by atoms with Gasteiger partial charge in [0.2, 0.25) is 0 Å². The maximum atomic E-state index is 13.6. The number of esters is 1. The number of fused-ring (bicyclic) bond motifs is 7. The molecule has 5 aliphatic carbocycles. The molecule has 0 saturated heterocycles. The topological polar surface area (TPSA) is 83.8 Å². The summed E-state index contributed by atoms with van der Waals surface area (Å²) in [5.74, 6) is -0.560. The Kier molecular flexibility index (Phi) is 5.95. The minimum atomic E-state index is -0.931. The smallest absolute Gasteiger partial charge is 0.314 e. The zero-order valence-corrected chi connectivity index (χ0v) is 24.4. The van der Waals surface area contributed by atoms with Crippen molar-refractivity contribution in [1.29, 1.82) is 0 Å². The van der Waals surface area contributed by atoms with Gasteiger partial charge in [-0.15, -0.1) is 0 Å². The van der Waals surface area contributed by atoms with Gasteiger partial charge in [0.05, 0.1) is 11.5 Å². The zero-order chi connectivity index (χ0) is 27.4. The number of aliphatic carboxylic acids is 1. The summed E-state index contributed by atoms with van der Waals surface area (Å²) in [6.07, 6.45) is 9.48. The number of aliphatic hydroxyl groups excluding tert-OH is 1. The average Bonchev–Trinajstić information content (AvgIpc) is 2.75. The van der Waals surface area contributed by atoms with Gasteiger partial charge in [-0.05, 0) is 97.2 Å². The Morgan fingerprint density at radius 2 is 1.59 bits per heavy atom. The molecule has 3 unspecified atom stereocenters. The molecule has 37 heavy (non-hydrogen) atoms. The van der Waals surface area contributed by atoms with Gasteiger partial charge in [-0.1, -0.05) is 60.1 Å². The third-order valence-electron chi connectivity index (χ3n) is 13.0. The van der Waals surface area contributed by atoms with E-state index in [2.05, 4.69) is 54.5 Å². The van der Waals surface area contributed by atoms with E-state index in [-0.39, 0.29) is 46.1 Å². The van der Waals surface area contributed by atoms with E-state index in [9.17, 15) is 19.8 Å². The van der Waals surface area contributed by atoms with Crippen LogP contribution in [0.25, 0.3) is 0 Å². The summed E-state index contributed by atoms with van der Waals surface area (Å²) in [5.41, 5.74) is -0.524. The van der Waals surface area contributed by atoms with Crippen molar-refractivity contribution < 1.29 is 24.5 Å². The van der Waals surface area contributed by atoms with Crippen LogP contribution in [0.2, 0.25) is 0 Å². The van der Waals surface area contributed by atoms with Crippen molar-refractivity contribution in [3.05, 3.63) is 11.6 Å². The molecule has 5 aliphatic rings. The van der Waals surface area contributed by atoms with Crippen molar-refractivity contribution in [2.24, 2.45) is 50.2 Å². The Hall–Kier alpha value is -1.36. The van der Waals surface area contributed by atoms with Crippen molar-refractivity contribution in [2.75, 3.05) is 0 Å². The Balaban J connectivity index is 1.63. The van der Waals surface area contributed by atoms with Gasteiger partial charge < -0.3 is 14.9 Å². The zero-order valence-electron chi connectivity index (χ0n) is 24.4. The van der Waals surface area contributed by atoms with E-state index in [0.29, 0.717) is 12.8 Å². The first-order valence-corrected chi connectivity index (χ1v) is 14.7. The second kappa shape index (κ2) is 8.08. The molecule has 0 radical (unpaired) electrons. The first-order chi connectivity index (χ1) is 16.9. The third-order valence-corrected chi connectivity index (χ3v) is 13.0. The number of ether oxygens (including phenoxy) is 1. The van der Waals surface area contributed by atoms with Crippen molar-refractivity contribution in [3.8, 4) is 0 Å². The van der Waals surface area contributed by atoms with E-state index in [1.54, 1.807) is 0 Å². The Labute approximate surface area is 223 Å². The van der Waals surface area contributed by atoms with Crippen molar-refractivity contribution in [3.63, 3.8) is 0 Å². The van der Waals surface area contributed by atoms with E-state index in [1.807, 2.05) is 0 Å². The minimum absolute atomic E-state index is 0.0561. The molecule has 2 N–H and O–H groups in total. The van der Waals surface area contributed by atoms with Gasteiger partial charge in [0.25, 0.3) is 0 Å². The van der Waals surface area contributed by atoms with E-state index in [4.69, 9.17) is 4.74 Å². The van der Waals surface area contributed by atoms with Crippen molar-refractivity contribution in [2.45, 2.75) is 125 Å². The molecule has 5 rings (SSSR count). The number of aliphatic hydroxyl groups is 1. The molecule has 0 heterocycles. The number of carboxylic acids is 1. The fraction of sp³-hybridized carbons (Fsp3) is 0.875. The van der Waals surface area contributed by atoms with Gasteiger partial charge in [0, 0.05) is 12.3 Å². The van der Waals surface area contributed by atoms with Crippen molar-refractivity contribution >= 4 is 11.9 Å². The quantitative estimate of drug-likeness (QED) is 0.314. The highest BCUT2D eigenvalue weighted by Gasteiger charge is 2.73. The van der Waals surface area contributed by atoms with Crippen LogP contribution < -0.4 is 0 Å². The summed E-state index contributed by atoms with van der Waals surface area (Å²) < 4.78 is 5.79. The van der Waals surface area contributed by atoms with E-state index in [1.165, 1.54) is 18.9 Å². The van der Waals surface area contributed by atoms with E-state index >= 15 is 0 Å². The monoisotopic (exact) mass is 514 g/mol. The normalized spacial score (nSPS) is 49.9. The van der Waals surface area contributed by atoms with Crippen LogP contribution >= 0.6 is 0 Å². The maximum absolute atomic E-state index is 13.6. The molecule has 0 aromatic rings. The summed E-state index contributed by atoms with van der Waals surface area (Å²) in [5, 5.41) is 23.1. The van der Waals surface area contributed by atoms with Gasteiger partial charge in [-0.25, -0.2) is 0 Å². The molecule has 0 aromatic carbocycles. The maximum Gasteiger partial charge on any atom is 0.314 e.